The highest BCUT2D eigenvalue weighted by atomic mass is 31.2. The summed E-state index contributed by atoms with van der Waals surface area (Å²) in [6, 6.07) is 69.8. The zero-order chi connectivity index (χ0) is 37.6. The van der Waals surface area contributed by atoms with Crippen LogP contribution in [0.25, 0.3) is 11.1 Å². The fraction of sp³-hybridized carbons (Fsp3) is 0.0588. The van der Waals surface area contributed by atoms with Crippen LogP contribution in [0.4, 0.5) is 17.1 Å². The van der Waals surface area contributed by atoms with Crippen LogP contribution in [0.3, 0.4) is 0 Å². The minimum atomic E-state index is -3.23. The first-order valence-electron chi connectivity index (χ1n) is 19.6. The third-order valence-corrected chi connectivity index (χ3v) is 16.0. The number of rotatable bonds is 5. The molecule has 2 heterocycles. The molecule has 0 amide bonds. The quantitative estimate of drug-likeness (QED) is 0.144. The molecular weight excluding hydrogens is 695 g/mol. The normalized spacial score (nSPS) is 16.6. The maximum atomic E-state index is 16.4. The Morgan fingerprint density at radius 1 is 0.429 bits per heavy atom. The Balaban J connectivity index is 1.09. The number of nitrogens with zero attached hydrogens (tertiary/aromatic N) is 1. The molecule has 264 valence electrons. The predicted molar refractivity (Wildman–Crippen MR) is 240 cm³/mol. The number of fused-ring (bicyclic) bond motifs is 7. The monoisotopic (exact) mass is 733 g/mol. The summed E-state index contributed by atoms with van der Waals surface area (Å²) in [7, 11) is -3.23. The molecule has 56 heavy (non-hydrogen) atoms. The van der Waals surface area contributed by atoms with Crippen molar-refractivity contribution in [3.8, 4) is 11.1 Å². The van der Waals surface area contributed by atoms with Gasteiger partial charge in [0.05, 0.1) is 0 Å². The Labute approximate surface area is 330 Å². The highest BCUT2D eigenvalue weighted by Crippen LogP contribution is 2.48. The summed E-state index contributed by atoms with van der Waals surface area (Å²) >= 11 is 0. The summed E-state index contributed by atoms with van der Waals surface area (Å²) < 4.78 is 16.4. The fourth-order valence-electron chi connectivity index (χ4n) is 10.2. The van der Waals surface area contributed by atoms with Gasteiger partial charge < -0.3 is 9.46 Å². The van der Waals surface area contributed by atoms with E-state index in [9.17, 15) is 0 Å². The van der Waals surface area contributed by atoms with Crippen molar-refractivity contribution < 1.29 is 4.57 Å². The third kappa shape index (κ3) is 4.69. The first-order chi connectivity index (χ1) is 27.4. The van der Waals surface area contributed by atoms with Crippen LogP contribution >= 0.6 is 7.14 Å². The van der Waals surface area contributed by atoms with Gasteiger partial charge in [-0.25, -0.2) is 0 Å². The summed E-state index contributed by atoms with van der Waals surface area (Å²) in [5.74, 6) is 0. The molecule has 0 saturated carbocycles. The third-order valence-electron chi connectivity index (χ3n) is 12.7. The summed E-state index contributed by atoms with van der Waals surface area (Å²) in [6.07, 6.45) is 0. The van der Waals surface area contributed by atoms with Crippen LogP contribution in [-0.2, 0) is 9.98 Å². The van der Waals surface area contributed by atoms with Gasteiger partial charge in [0.25, 0.3) is 0 Å². The van der Waals surface area contributed by atoms with E-state index in [0.717, 1.165) is 54.8 Å². The van der Waals surface area contributed by atoms with Crippen LogP contribution in [0.1, 0.15) is 25.0 Å². The highest BCUT2D eigenvalue weighted by Gasteiger charge is 2.50. The van der Waals surface area contributed by atoms with E-state index in [1.165, 1.54) is 33.2 Å². The smallest absolute Gasteiger partial charge is 0.243 e. The van der Waals surface area contributed by atoms with Gasteiger partial charge in [-0.05, 0) is 58.7 Å². The molecule has 0 bridgehead atoms. The maximum Gasteiger partial charge on any atom is 0.243 e. The second-order valence-corrected chi connectivity index (χ2v) is 18.6. The van der Waals surface area contributed by atoms with E-state index in [-0.39, 0.29) is 18.8 Å². The zero-order valence-electron chi connectivity index (χ0n) is 31.4. The van der Waals surface area contributed by atoms with Gasteiger partial charge in [0.15, 0.2) is 7.14 Å². The second-order valence-electron chi connectivity index (χ2n) is 16.0. The van der Waals surface area contributed by atoms with Crippen molar-refractivity contribution in [2.75, 3.05) is 4.90 Å². The minimum Gasteiger partial charge on any atom is -0.311 e. The average molecular weight is 733 g/mol. The molecular formula is C51H38B2NOP. The van der Waals surface area contributed by atoms with Crippen LogP contribution < -0.4 is 53.6 Å². The van der Waals surface area contributed by atoms with Crippen LogP contribution in [0, 0.1) is 0 Å². The van der Waals surface area contributed by atoms with Crippen molar-refractivity contribution in [1.82, 2.24) is 0 Å². The number of hydrogen-bond donors (Lipinski definition) is 0. The topological polar surface area (TPSA) is 20.3 Å². The molecule has 0 radical (unpaired) electrons. The summed E-state index contributed by atoms with van der Waals surface area (Å²) in [5.41, 5.74) is 15.6. The lowest BCUT2D eigenvalue weighted by Gasteiger charge is -2.40. The Bertz CT molecular complexity index is 2850. The zero-order valence-corrected chi connectivity index (χ0v) is 32.3. The molecule has 1 atom stereocenters. The van der Waals surface area contributed by atoms with Gasteiger partial charge in [-0.15, -0.1) is 0 Å². The summed E-state index contributed by atoms with van der Waals surface area (Å²) in [4.78, 5) is 2.30. The minimum absolute atomic E-state index is 0.0494. The molecule has 11 rings (SSSR count). The standard InChI is InChI=1S/C51H38B2NOP/c1-51(2)42-21-10-9-20-40(42)41-33-30-36(34-43(41)51)53-45-23-12-14-27-49(45)56(55)48-26-13-11-22-44(48)52(46-24-15-25-47(53)50(46)56)35-28-31-39(32-29-35)54(37-16-5-3-6-17-37)38-18-7-4-8-19-38/h3-34H,1-2H3. The van der Waals surface area contributed by atoms with Gasteiger partial charge in [-0.3, -0.25) is 0 Å². The van der Waals surface area contributed by atoms with E-state index in [1.54, 1.807) is 0 Å². The molecule has 1 unspecified atom stereocenters. The van der Waals surface area contributed by atoms with Gasteiger partial charge in [0, 0.05) is 38.4 Å². The Kier molecular flexibility index (Phi) is 7.41. The van der Waals surface area contributed by atoms with Crippen molar-refractivity contribution in [2.24, 2.45) is 0 Å². The first-order valence-corrected chi connectivity index (χ1v) is 21.3. The second kappa shape index (κ2) is 12.5. The Hall–Kier alpha value is -6.08. The van der Waals surface area contributed by atoms with Gasteiger partial charge in [0.2, 0.25) is 13.4 Å². The van der Waals surface area contributed by atoms with E-state index >= 15 is 4.57 Å². The van der Waals surface area contributed by atoms with Crippen LogP contribution in [-0.4, -0.2) is 13.4 Å². The fourth-order valence-corrected chi connectivity index (χ4v) is 13.8. The van der Waals surface area contributed by atoms with Crippen molar-refractivity contribution in [2.45, 2.75) is 19.3 Å². The van der Waals surface area contributed by atoms with E-state index in [2.05, 4.69) is 213 Å². The molecule has 2 aliphatic heterocycles. The Morgan fingerprint density at radius 2 is 0.893 bits per heavy atom. The van der Waals surface area contributed by atoms with Gasteiger partial charge in [-0.1, -0.05) is 204 Å². The van der Waals surface area contributed by atoms with Crippen molar-refractivity contribution in [3.63, 3.8) is 0 Å². The molecule has 2 nitrogen and oxygen atoms in total. The molecule has 1 aliphatic carbocycles. The van der Waals surface area contributed by atoms with E-state index in [4.69, 9.17) is 0 Å². The number of anilines is 3. The summed E-state index contributed by atoms with van der Waals surface area (Å²) in [5, 5.41) is 2.95. The molecule has 0 N–H and O–H groups in total. The molecule has 8 aromatic rings. The highest BCUT2D eigenvalue weighted by molar-refractivity contribution is 7.88. The SMILES string of the molecule is CC1(C)c2ccccc2-c2ccc(B3c4ccccc4P4(=O)c5ccccc5B(c5ccc(N(c6ccccc6)c6ccccc6)cc5)c5cccc3c54)cc21. The average Bonchev–Trinajstić information content (AvgIpc) is 3.48. The summed E-state index contributed by atoms with van der Waals surface area (Å²) in [6.45, 7) is 4.58. The first kappa shape index (κ1) is 33.3. The molecule has 0 aromatic heterocycles. The molecule has 0 spiro atoms. The van der Waals surface area contributed by atoms with E-state index in [0.29, 0.717) is 0 Å². The lowest BCUT2D eigenvalue weighted by Crippen LogP contribution is -2.74. The Morgan fingerprint density at radius 3 is 1.52 bits per heavy atom. The maximum absolute atomic E-state index is 16.4. The predicted octanol–water partition coefficient (Wildman–Crippen LogP) is 6.76. The molecule has 8 aromatic carbocycles. The molecule has 0 saturated heterocycles. The van der Waals surface area contributed by atoms with Gasteiger partial charge in [-0.2, -0.15) is 0 Å². The number of para-hydroxylation sites is 2. The van der Waals surface area contributed by atoms with Crippen molar-refractivity contribution in [3.05, 3.63) is 205 Å². The van der Waals surface area contributed by atoms with Crippen molar-refractivity contribution >= 4 is 86.3 Å². The van der Waals surface area contributed by atoms with Crippen LogP contribution in [0.15, 0.2) is 194 Å². The lowest BCUT2D eigenvalue weighted by atomic mass is 9.33. The van der Waals surface area contributed by atoms with Crippen LogP contribution in [0.5, 0.6) is 0 Å². The van der Waals surface area contributed by atoms with Gasteiger partial charge in [0.1, 0.15) is 0 Å². The molecule has 3 aliphatic rings. The van der Waals surface area contributed by atoms with E-state index < -0.39 is 7.14 Å². The largest absolute Gasteiger partial charge is 0.311 e. The number of hydrogen-bond acceptors (Lipinski definition) is 2. The van der Waals surface area contributed by atoms with Crippen molar-refractivity contribution in [1.29, 1.82) is 0 Å². The molecule has 0 fully saturated rings. The lowest BCUT2D eigenvalue weighted by molar-refractivity contribution is 0.592. The number of benzene rings is 8. The van der Waals surface area contributed by atoms with Gasteiger partial charge >= 0.3 is 0 Å². The molecule has 5 heteroatoms. The van der Waals surface area contributed by atoms with Crippen LogP contribution in [0.2, 0.25) is 0 Å². The van der Waals surface area contributed by atoms with E-state index in [1.807, 2.05) is 0 Å².